The molecule has 0 saturated heterocycles. The topological polar surface area (TPSA) is 41.1 Å². The fraction of sp³-hybridized carbons (Fsp3) is 0.267. The highest BCUT2D eigenvalue weighted by molar-refractivity contribution is 7.16. The highest BCUT2D eigenvalue weighted by Gasteiger charge is 2.10. The van der Waals surface area contributed by atoms with E-state index in [9.17, 15) is 4.79 Å². The van der Waals surface area contributed by atoms with E-state index in [1.54, 1.807) is 11.3 Å². The van der Waals surface area contributed by atoms with E-state index in [0.717, 1.165) is 10.0 Å². The molecule has 0 spiro atoms. The number of hydrogen-bond donors (Lipinski definition) is 2. The highest BCUT2D eigenvalue weighted by atomic mass is 35.5. The van der Waals surface area contributed by atoms with Gasteiger partial charge in [-0.15, -0.1) is 11.3 Å². The summed E-state index contributed by atoms with van der Waals surface area (Å²) in [5.74, 6) is -0.0528. The van der Waals surface area contributed by atoms with Crippen LogP contribution >= 0.6 is 22.9 Å². The predicted molar refractivity (Wildman–Crippen MR) is 85.8 cm³/mol. The lowest BCUT2D eigenvalue weighted by molar-refractivity contribution is 0.0956. The summed E-state index contributed by atoms with van der Waals surface area (Å²) in [7, 11) is 0. The number of thiophene rings is 1. The molecule has 2 aromatic rings. The first-order chi connectivity index (χ1) is 9.60. The lowest BCUT2D eigenvalue weighted by Gasteiger charge is -2.14. The Bertz CT molecular complexity index is 597. The molecular formula is C15H17ClN2OS. The number of nitrogens with one attached hydrogen (secondary N) is 2. The van der Waals surface area contributed by atoms with Crippen LogP contribution in [-0.2, 0) is 0 Å². The van der Waals surface area contributed by atoms with E-state index in [1.807, 2.05) is 43.3 Å². The molecule has 0 aliphatic heterocycles. The molecule has 0 saturated carbocycles. The number of hydrogen-bond acceptors (Lipinski definition) is 3. The molecule has 2 rings (SSSR count). The van der Waals surface area contributed by atoms with Crippen LogP contribution in [0.15, 0.2) is 36.4 Å². The molecule has 20 heavy (non-hydrogen) atoms. The largest absolute Gasteiger partial charge is 0.378 e. The van der Waals surface area contributed by atoms with Crippen molar-refractivity contribution < 1.29 is 4.79 Å². The number of anilines is 1. The van der Waals surface area contributed by atoms with E-state index in [1.165, 1.54) is 4.88 Å². The van der Waals surface area contributed by atoms with Crippen LogP contribution in [-0.4, -0.2) is 12.5 Å². The number of halogens is 1. The molecule has 1 aromatic heterocycles. The maximum atomic E-state index is 11.8. The van der Waals surface area contributed by atoms with Crippen LogP contribution in [0.25, 0.3) is 0 Å². The van der Waals surface area contributed by atoms with Crippen LogP contribution in [0.3, 0.4) is 0 Å². The van der Waals surface area contributed by atoms with Gasteiger partial charge in [-0.3, -0.25) is 4.79 Å². The van der Waals surface area contributed by atoms with Crippen LogP contribution in [0, 0.1) is 0 Å². The fourth-order valence-electron chi connectivity index (χ4n) is 1.89. The Morgan fingerprint density at radius 2 is 2.15 bits per heavy atom. The molecule has 5 heteroatoms. The molecule has 0 radical (unpaired) electrons. The third-order valence-corrected chi connectivity index (χ3v) is 4.28. The summed E-state index contributed by atoms with van der Waals surface area (Å²) < 4.78 is 0.782. The van der Waals surface area contributed by atoms with Crippen molar-refractivity contribution >= 4 is 34.5 Å². The van der Waals surface area contributed by atoms with Crippen molar-refractivity contribution in [2.45, 2.75) is 19.9 Å². The molecule has 3 nitrogen and oxygen atoms in total. The lowest BCUT2D eigenvalue weighted by atomic mass is 10.1. The SMILES string of the molecule is CCNC(=O)c1cccc(NC(C)c2ccc(Cl)s2)c1. The van der Waals surface area contributed by atoms with Gasteiger partial charge in [-0.1, -0.05) is 17.7 Å². The maximum Gasteiger partial charge on any atom is 0.251 e. The van der Waals surface area contributed by atoms with Crippen molar-refractivity contribution in [2.75, 3.05) is 11.9 Å². The third kappa shape index (κ3) is 3.74. The zero-order valence-corrected chi connectivity index (χ0v) is 13.0. The maximum absolute atomic E-state index is 11.8. The Balaban J connectivity index is 2.09. The standard InChI is InChI=1S/C15H17ClN2OS/c1-3-17-15(19)11-5-4-6-12(9-11)18-10(2)13-7-8-14(16)20-13/h4-10,18H,3H2,1-2H3,(H,17,19). The molecule has 1 aromatic carbocycles. The lowest BCUT2D eigenvalue weighted by Crippen LogP contribution is -2.22. The molecule has 0 bridgehead atoms. The van der Waals surface area contributed by atoms with Crippen molar-refractivity contribution in [3.05, 3.63) is 51.2 Å². The quantitative estimate of drug-likeness (QED) is 0.863. The summed E-state index contributed by atoms with van der Waals surface area (Å²) in [6.07, 6.45) is 0. The van der Waals surface area contributed by atoms with Crippen molar-refractivity contribution in [1.82, 2.24) is 5.32 Å². The molecule has 1 atom stereocenters. The van der Waals surface area contributed by atoms with E-state index in [-0.39, 0.29) is 11.9 Å². The van der Waals surface area contributed by atoms with E-state index >= 15 is 0 Å². The minimum atomic E-state index is -0.0528. The number of amides is 1. The van der Waals surface area contributed by atoms with E-state index in [2.05, 4.69) is 17.6 Å². The first-order valence-corrected chi connectivity index (χ1v) is 7.69. The van der Waals surface area contributed by atoms with Crippen molar-refractivity contribution in [3.63, 3.8) is 0 Å². The molecule has 106 valence electrons. The Morgan fingerprint density at radius 1 is 1.35 bits per heavy atom. The zero-order chi connectivity index (χ0) is 14.5. The molecule has 0 aliphatic carbocycles. The zero-order valence-electron chi connectivity index (χ0n) is 11.4. The van der Waals surface area contributed by atoms with Crippen LogP contribution in [0.4, 0.5) is 5.69 Å². The van der Waals surface area contributed by atoms with E-state index in [4.69, 9.17) is 11.6 Å². The summed E-state index contributed by atoms with van der Waals surface area (Å²) in [6, 6.07) is 11.6. The van der Waals surface area contributed by atoms with Gasteiger partial charge in [0, 0.05) is 22.7 Å². The van der Waals surface area contributed by atoms with Crippen LogP contribution in [0.1, 0.15) is 35.1 Å². The molecule has 0 fully saturated rings. The predicted octanol–water partition coefficient (Wildman–Crippen LogP) is 4.32. The van der Waals surface area contributed by atoms with E-state index < -0.39 is 0 Å². The molecule has 1 heterocycles. The van der Waals surface area contributed by atoms with Crippen molar-refractivity contribution in [1.29, 1.82) is 0 Å². The molecule has 0 aliphatic rings. The number of carbonyl (C=O) groups excluding carboxylic acids is 1. The summed E-state index contributed by atoms with van der Waals surface area (Å²) in [5.41, 5.74) is 1.58. The van der Waals surface area contributed by atoms with Gasteiger partial charge < -0.3 is 10.6 Å². The van der Waals surface area contributed by atoms with Crippen molar-refractivity contribution in [2.24, 2.45) is 0 Å². The third-order valence-electron chi connectivity index (χ3n) is 2.87. The Hall–Kier alpha value is -1.52. The summed E-state index contributed by atoms with van der Waals surface area (Å²) in [5, 5.41) is 6.18. The monoisotopic (exact) mass is 308 g/mol. The van der Waals surface area contributed by atoms with Crippen LogP contribution in [0.5, 0.6) is 0 Å². The number of rotatable bonds is 5. The highest BCUT2D eigenvalue weighted by Crippen LogP contribution is 2.29. The van der Waals surface area contributed by atoms with Gasteiger partial charge >= 0.3 is 0 Å². The molecule has 2 N–H and O–H groups in total. The van der Waals surface area contributed by atoms with Gasteiger partial charge in [0.2, 0.25) is 0 Å². The first-order valence-electron chi connectivity index (χ1n) is 6.50. The van der Waals surface area contributed by atoms with Gasteiger partial charge in [0.15, 0.2) is 0 Å². The second kappa shape index (κ2) is 6.77. The second-order valence-electron chi connectivity index (χ2n) is 4.45. The summed E-state index contributed by atoms with van der Waals surface area (Å²) in [4.78, 5) is 13.0. The molecule has 1 unspecified atom stereocenters. The van der Waals surface area contributed by atoms with Crippen LogP contribution in [0.2, 0.25) is 4.34 Å². The molecular weight excluding hydrogens is 292 g/mol. The van der Waals surface area contributed by atoms with Crippen molar-refractivity contribution in [3.8, 4) is 0 Å². The first kappa shape index (κ1) is 14.9. The van der Waals surface area contributed by atoms with Gasteiger partial charge in [0.1, 0.15) is 0 Å². The van der Waals surface area contributed by atoms with Crippen LogP contribution < -0.4 is 10.6 Å². The normalized spacial score (nSPS) is 11.9. The smallest absolute Gasteiger partial charge is 0.251 e. The Morgan fingerprint density at radius 3 is 2.80 bits per heavy atom. The summed E-state index contributed by atoms with van der Waals surface area (Å²) >= 11 is 7.50. The minimum absolute atomic E-state index is 0.0528. The minimum Gasteiger partial charge on any atom is -0.378 e. The summed E-state index contributed by atoms with van der Waals surface area (Å²) in [6.45, 7) is 4.60. The number of carbonyl (C=O) groups is 1. The molecule has 1 amide bonds. The average molecular weight is 309 g/mol. The van der Waals surface area contributed by atoms with E-state index in [0.29, 0.717) is 12.1 Å². The Kier molecular flexibility index (Phi) is 5.04. The second-order valence-corrected chi connectivity index (χ2v) is 6.19. The van der Waals surface area contributed by atoms with Gasteiger partial charge in [0.05, 0.1) is 10.4 Å². The fourth-order valence-corrected chi connectivity index (χ4v) is 2.96. The van der Waals surface area contributed by atoms with Gasteiger partial charge in [-0.05, 0) is 44.2 Å². The average Bonchev–Trinajstić information content (AvgIpc) is 2.86. The van der Waals surface area contributed by atoms with Gasteiger partial charge in [-0.25, -0.2) is 0 Å². The Labute approximate surface area is 128 Å². The number of benzene rings is 1. The van der Waals surface area contributed by atoms with Gasteiger partial charge in [-0.2, -0.15) is 0 Å². The van der Waals surface area contributed by atoms with Gasteiger partial charge in [0.25, 0.3) is 5.91 Å².